The number of carbonyl (C=O) groups is 9. The first-order chi connectivity index (χ1) is 38.3. The predicted octanol–water partition coefficient (Wildman–Crippen LogP) is -0.374. The topological polar surface area (TPSA) is 349 Å². The third kappa shape index (κ3) is 23.1. The number of amides is 8. The first-order valence-electron chi connectivity index (χ1n) is 27.3. The van der Waals surface area contributed by atoms with Crippen molar-refractivity contribution in [2.24, 2.45) is 0 Å². The summed E-state index contributed by atoms with van der Waals surface area (Å²) >= 11 is 0. The highest BCUT2D eigenvalue weighted by atomic mass is 16.2. The number of unbranched alkanes of at least 4 members (excludes halogenated alkanes) is 1. The fourth-order valence-electron chi connectivity index (χ4n) is 8.58. The average Bonchev–Trinajstić information content (AvgIpc) is 3.44. The molecule has 436 valence electrons. The van der Waals surface area contributed by atoms with E-state index in [-0.39, 0.29) is 69.5 Å². The molecule has 14 N–H and O–H groups in total. The molecule has 0 aromatic heterocycles. The largest absolute Gasteiger partial charge is 0.360 e. The number of carbonyl (C=O) groups excluding carboxylic acids is 9. The quantitative estimate of drug-likeness (QED) is 0.0280. The van der Waals surface area contributed by atoms with E-state index in [9.17, 15) is 43.2 Å². The first kappa shape index (κ1) is 64.4. The van der Waals surface area contributed by atoms with Crippen LogP contribution in [0.4, 0.5) is 0 Å². The summed E-state index contributed by atoms with van der Waals surface area (Å²) in [5.74, 6) is -5.98. The molecule has 0 saturated carbocycles. The molecule has 1 aliphatic heterocycles. The lowest BCUT2D eigenvalue weighted by Gasteiger charge is -2.27. The molecule has 80 heavy (non-hydrogen) atoms. The van der Waals surface area contributed by atoms with Gasteiger partial charge in [-0.1, -0.05) is 72.3 Å². The molecule has 24 heteroatoms. The van der Waals surface area contributed by atoms with Crippen LogP contribution in [0.2, 0.25) is 0 Å². The summed E-state index contributed by atoms with van der Waals surface area (Å²) < 4.78 is 0. The Morgan fingerprint density at radius 2 is 1.20 bits per heavy atom. The minimum Gasteiger partial charge on any atom is -0.360 e. The second kappa shape index (κ2) is 34.0. The van der Waals surface area contributed by atoms with Gasteiger partial charge in [0.25, 0.3) is 0 Å². The molecule has 4 rings (SSSR count). The molecule has 0 aliphatic carbocycles. The minimum absolute atomic E-state index is 0.00588. The summed E-state index contributed by atoms with van der Waals surface area (Å²) in [5, 5.41) is 50.0. The van der Waals surface area contributed by atoms with E-state index in [2.05, 4.69) is 82.5 Å². The molecule has 3 aromatic carbocycles. The van der Waals surface area contributed by atoms with Gasteiger partial charge in [-0.05, 0) is 108 Å². The van der Waals surface area contributed by atoms with Crippen molar-refractivity contribution >= 4 is 76.2 Å². The van der Waals surface area contributed by atoms with Crippen molar-refractivity contribution in [3.05, 3.63) is 83.4 Å². The summed E-state index contributed by atoms with van der Waals surface area (Å²) in [6.45, 7) is 5.95. The molecule has 1 saturated heterocycles. The van der Waals surface area contributed by atoms with Crippen LogP contribution in [0.25, 0.3) is 10.8 Å². The number of aldehydes is 1. The number of guanidine groups is 2. The van der Waals surface area contributed by atoms with Gasteiger partial charge in [-0.15, -0.1) is 0 Å². The van der Waals surface area contributed by atoms with Gasteiger partial charge >= 0.3 is 0 Å². The number of fused-ring (bicyclic) bond motifs is 1. The van der Waals surface area contributed by atoms with E-state index in [4.69, 9.17) is 10.8 Å². The van der Waals surface area contributed by atoms with E-state index in [0.717, 1.165) is 16.3 Å². The maximum atomic E-state index is 14.7. The van der Waals surface area contributed by atoms with E-state index in [1.54, 1.807) is 32.3 Å². The lowest BCUT2D eigenvalue weighted by atomic mass is 10.00. The van der Waals surface area contributed by atoms with E-state index < -0.39 is 103 Å². The molecule has 6 atom stereocenters. The number of rotatable bonds is 21. The van der Waals surface area contributed by atoms with Crippen molar-refractivity contribution in [1.82, 2.24) is 68.7 Å². The fraction of sp³-hybridized carbons (Fsp3) is 0.518. The zero-order valence-corrected chi connectivity index (χ0v) is 46.9. The SMILES string of the molecule is CNC(=N)NCCC[C@@H](C=O)NC(=O)[C@H]1CCC(=O)NCC(=O)N[C@@H](Cc2ccc(C)cc2)C(=O)N[C@@H](CCCCN(C)C(C)C)C(=O)N[C@H](CCCNC(=N)NC)C(=O)N[C@@H](Cc2ccc3ccccc3c2)C(=O)NCC(=O)N1. The normalized spacial score (nSPS) is 19.6. The Hall–Kier alpha value is -8.15. The number of hydrogen-bond donors (Lipinski definition) is 14. The second-order valence-corrected chi connectivity index (χ2v) is 20.2. The molecule has 0 spiro atoms. The lowest BCUT2D eigenvalue weighted by Crippen LogP contribution is -2.59. The van der Waals surface area contributed by atoms with Gasteiger partial charge in [-0.25, -0.2) is 0 Å². The van der Waals surface area contributed by atoms with Crippen LogP contribution < -0.4 is 63.8 Å². The summed E-state index contributed by atoms with van der Waals surface area (Å²) in [4.78, 5) is 127. The van der Waals surface area contributed by atoms with Gasteiger partial charge in [0.15, 0.2) is 11.9 Å². The van der Waals surface area contributed by atoms with Crippen LogP contribution in [0, 0.1) is 17.7 Å². The molecule has 0 unspecified atom stereocenters. The van der Waals surface area contributed by atoms with Gasteiger partial charge in [0.1, 0.15) is 36.5 Å². The maximum absolute atomic E-state index is 14.7. The Bertz CT molecular complexity index is 2600. The van der Waals surface area contributed by atoms with Gasteiger partial charge in [0.05, 0.1) is 19.1 Å². The predicted molar refractivity (Wildman–Crippen MR) is 305 cm³/mol. The Morgan fingerprint density at radius 1 is 0.650 bits per heavy atom. The van der Waals surface area contributed by atoms with E-state index in [1.165, 1.54) is 0 Å². The van der Waals surface area contributed by atoms with Crippen LogP contribution in [0.15, 0.2) is 66.7 Å². The summed E-state index contributed by atoms with van der Waals surface area (Å²) in [6.07, 6.45) is 1.83. The number of nitrogens with one attached hydrogen (secondary N) is 14. The van der Waals surface area contributed by atoms with E-state index >= 15 is 0 Å². The summed E-state index contributed by atoms with van der Waals surface area (Å²) in [6, 6.07) is 13.1. The van der Waals surface area contributed by atoms with Crippen molar-refractivity contribution in [3.8, 4) is 0 Å². The smallest absolute Gasteiger partial charge is 0.243 e. The van der Waals surface area contributed by atoms with Gasteiger partial charge < -0.3 is 73.5 Å². The van der Waals surface area contributed by atoms with Gasteiger partial charge in [-0.3, -0.25) is 49.2 Å². The van der Waals surface area contributed by atoms with Crippen molar-refractivity contribution in [3.63, 3.8) is 0 Å². The van der Waals surface area contributed by atoms with Crippen LogP contribution in [-0.4, -0.2) is 167 Å². The third-order valence-corrected chi connectivity index (χ3v) is 13.6. The van der Waals surface area contributed by atoms with Crippen LogP contribution in [0.5, 0.6) is 0 Å². The van der Waals surface area contributed by atoms with Crippen molar-refractivity contribution in [2.45, 2.75) is 134 Å². The number of aryl methyl sites for hydroxylation is 1. The van der Waals surface area contributed by atoms with E-state index in [0.29, 0.717) is 49.8 Å². The maximum Gasteiger partial charge on any atom is 0.243 e. The molecule has 8 amide bonds. The molecule has 0 bridgehead atoms. The molecule has 3 aromatic rings. The summed E-state index contributed by atoms with van der Waals surface area (Å²) in [7, 11) is 5.12. The van der Waals surface area contributed by atoms with Gasteiger partial charge in [0, 0.05) is 52.5 Å². The first-order valence-corrected chi connectivity index (χ1v) is 27.3. The molecular weight excluding hydrogens is 1030 g/mol. The highest BCUT2D eigenvalue weighted by molar-refractivity contribution is 5.97. The zero-order valence-electron chi connectivity index (χ0n) is 46.9. The Morgan fingerprint density at radius 3 is 1.84 bits per heavy atom. The van der Waals surface area contributed by atoms with Crippen molar-refractivity contribution in [1.29, 1.82) is 10.8 Å². The van der Waals surface area contributed by atoms with E-state index in [1.807, 2.05) is 62.5 Å². The van der Waals surface area contributed by atoms with Gasteiger partial charge in [-0.2, -0.15) is 0 Å². The average molecular weight is 1110 g/mol. The molecule has 1 fully saturated rings. The van der Waals surface area contributed by atoms with Crippen LogP contribution >= 0.6 is 0 Å². The molecule has 0 radical (unpaired) electrons. The number of nitrogens with zero attached hydrogens (tertiary/aromatic N) is 1. The number of benzene rings is 3. The Balaban J connectivity index is 1.75. The number of hydrogen-bond acceptors (Lipinski definition) is 12. The minimum atomic E-state index is -1.42. The van der Waals surface area contributed by atoms with Gasteiger partial charge in [0.2, 0.25) is 47.3 Å². The zero-order chi connectivity index (χ0) is 58.6. The third-order valence-electron chi connectivity index (χ3n) is 13.6. The summed E-state index contributed by atoms with van der Waals surface area (Å²) in [5.41, 5.74) is 2.29. The highest BCUT2D eigenvalue weighted by Crippen LogP contribution is 2.18. The highest BCUT2D eigenvalue weighted by Gasteiger charge is 2.33. The molecule has 1 heterocycles. The van der Waals surface area contributed by atoms with Crippen molar-refractivity contribution in [2.75, 3.05) is 53.9 Å². The lowest BCUT2D eigenvalue weighted by molar-refractivity contribution is -0.135. The van der Waals surface area contributed by atoms with Crippen molar-refractivity contribution < 1.29 is 43.2 Å². The standard InChI is InChI=1S/C56H83N15O9/c1-35(2)71(6)28-10-9-16-42-52(78)68-43(17-12-27-62-56(58)60-5)53(79)70-45(31-38-22-23-39-13-7-8-14-40(39)29-38)50(76)64-33-49(75)66-44(51(77)65-41(34-72)15-11-26-61-55(57)59-4)24-25-47(73)63-32-48(74)67-46(54(80)69-42)30-37-20-18-36(3)19-21-37/h7-8,13-14,18-23,29,34-35,41-46H,9-12,15-17,24-28,30-33H2,1-6H3,(H,63,73)(H,64,76)(H,65,77)(H,66,75)(H,67,74)(H,68,78)(H,69,80)(H,70,79)(H3,57,59,61)(H3,58,60,62)/t41-,42-,43+,44+,45-,46-/m0/s1. The monoisotopic (exact) mass is 1110 g/mol. The van der Waals surface area contributed by atoms with Crippen LogP contribution in [-0.2, 0) is 56.0 Å². The fourth-order valence-corrected chi connectivity index (χ4v) is 8.58. The van der Waals surface area contributed by atoms with Crippen LogP contribution in [0.1, 0.15) is 88.3 Å². The molecule has 24 nitrogen and oxygen atoms in total. The molecular formula is C56H83N15O9. The molecule has 1 aliphatic rings. The van der Waals surface area contributed by atoms with Crippen LogP contribution in [0.3, 0.4) is 0 Å². The Labute approximate surface area is 468 Å². The Kier molecular flexibility index (Phi) is 27.3. The second-order valence-electron chi connectivity index (χ2n) is 20.2.